The molecule has 1 aromatic heterocycles. The highest BCUT2D eigenvalue weighted by Crippen LogP contribution is 2.20. The number of likely N-dealkylation sites (tertiary alicyclic amines) is 1. The van der Waals surface area contributed by atoms with Crippen molar-refractivity contribution in [3.8, 4) is 0 Å². The Bertz CT molecular complexity index is 846. The third kappa shape index (κ3) is 5.65. The van der Waals surface area contributed by atoms with Crippen LogP contribution in [0.2, 0.25) is 0 Å². The second-order valence-electron chi connectivity index (χ2n) is 8.94. The maximum atomic E-state index is 13.1. The number of carbonyl (C=O) groups is 2. The van der Waals surface area contributed by atoms with Crippen LogP contribution in [0.3, 0.4) is 0 Å². The number of amides is 2. The van der Waals surface area contributed by atoms with Crippen LogP contribution >= 0.6 is 0 Å². The maximum Gasteiger partial charge on any atom is 0.410 e. The van der Waals surface area contributed by atoms with Gasteiger partial charge in [-0.3, -0.25) is 4.79 Å². The van der Waals surface area contributed by atoms with Crippen LogP contribution in [0, 0.1) is 0 Å². The summed E-state index contributed by atoms with van der Waals surface area (Å²) in [4.78, 5) is 29.0. The van der Waals surface area contributed by atoms with Gasteiger partial charge in [0.2, 0.25) is 0 Å². The predicted molar refractivity (Wildman–Crippen MR) is 118 cm³/mol. The van der Waals surface area contributed by atoms with E-state index in [0.717, 1.165) is 31.5 Å². The van der Waals surface area contributed by atoms with Gasteiger partial charge in [0.1, 0.15) is 11.3 Å². The Kier molecular flexibility index (Phi) is 6.85. The van der Waals surface area contributed by atoms with Crippen molar-refractivity contribution in [1.82, 2.24) is 14.4 Å². The third-order valence-electron chi connectivity index (χ3n) is 5.51. The zero-order valence-electron chi connectivity index (χ0n) is 18.5. The molecule has 1 aliphatic heterocycles. The molecule has 0 atom stereocenters. The molecule has 2 amide bonds. The lowest BCUT2D eigenvalue weighted by molar-refractivity contribution is 0.0155. The number of hydrogen-bond acceptors (Lipinski definition) is 3. The summed E-state index contributed by atoms with van der Waals surface area (Å²) in [6.07, 6.45) is 4.07. The summed E-state index contributed by atoms with van der Waals surface area (Å²) >= 11 is 0. The molecule has 0 aliphatic carbocycles. The van der Waals surface area contributed by atoms with Gasteiger partial charge in [-0.1, -0.05) is 30.3 Å². The van der Waals surface area contributed by atoms with E-state index in [2.05, 4.69) is 12.1 Å². The van der Waals surface area contributed by atoms with E-state index < -0.39 is 5.60 Å². The van der Waals surface area contributed by atoms with Crippen molar-refractivity contribution in [2.45, 2.75) is 58.2 Å². The zero-order valence-corrected chi connectivity index (χ0v) is 18.5. The first-order valence-corrected chi connectivity index (χ1v) is 10.7. The SMILES string of the molecule is CN(C(=O)OC(C)(C)C)C1CCN(C(=O)c2cccn2CCc2ccccc2)CC1. The van der Waals surface area contributed by atoms with Gasteiger partial charge in [0.25, 0.3) is 5.91 Å². The van der Waals surface area contributed by atoms with Crippen LogP contribution in [-0.2, 0) is 17.7 Å². The largest absolute Gasteiger partial charge is 0.444 e. The molecule has 0 N–H and O–H groups in total. The molecule has 1 fully saturated rings. The summed E-state index contributed by atoms with van der Waals surface area (Å²) in [5.74, 6) is 0.0615. The predicted octanol–water partition coefficient (Wildman–Crippen LogP) is 4.20. The summed E-state index contributed by atoms with van der Waals surface area (Å²) in [7, 11) is 1.78. The highest BCUT2D eigenvalue weighted by molar-refractivity contribution is 5.92. The normalized spacial score (nSPS) is 15.1. The number of nitrogens with zero attached hydrogens (tertiary/aromatic N) is 3. The Hall–Kier alpha value is -2.76. The first-order valence-electron chi connectivity index (χ1n) is 10.7. The fourth-order valence-electron chi connectivity index (χ4n) is 3.80. The topological polar surface area (TPSA) is 54.8 Å². The Balaban J connectivity index is 1.54. The first kappa shape index (κ1) is 21.9. The zero-order chi connectivity index (χ0) is 21.7. The van der Waals surface area contributed by atoms with Crippen molar-refractivity contribution in [3.05, 3.63) is 59.9 Å². The van der Waals surface area contributed by atoms with E-state index >= 15 is 0 Å². The number of piperidine rings is 1. The molecule has 3 rings (SSSR count). The molecule has 2 heterocycles. The van der Waals surface area contributed by atoms with E-state index in [9.17, 15) is 9.59 Å². The second kappa shape index (κ2) is 9.37. The van der Waals surface area contributed by atoms with Crippen LogP contribution in [-0.4, -0.2) is 58.1 Å². The van der Waals surface area contributed by atoms with E-state index in [-0.39, 0.29) is 18.0 Å². The van der Waals surface area contributed by atoms with Crippen molar-refractivity contribution >= 4 is 12.0 Å². The van der Waals surface area contributed by atoms with Crippen LogP contribution in [0.4, 0.5) is 4.79 Å². The average Bonchev–Trinajstić information content (AvgIpc) is 3.19. The monoisotopic (exact) mass is 411 g/mol. The van der Waals surface area contributed by atoms with Gasteiger partial charge in [-0.2, -0.15) is 0 Å². The minimum absolute atomic E-state index is 0.0615. The van der Waals surface area contributed by atoms with Crippen molar-refractivity contribution in [2.75, 3.05) is 20.1 Å². The molecule has 1 aromatic carbocycles. The molecule has 162 valence electrons. The molecular weight excluding hydrogens is 378 g/mol. The molecular formula is C24H33N3O3. The quantitative estimate of drug-likeness (QED) is 0.741. The van der Waals surface area contributed by atoms with Crippen molar-refractivity contribution < 1.29 is 14.3 Å². The van der Waals surface area contributed by atoms with Gasteiger partial charge < -0.3 is 19.1 Å². The van der Waals surface area contributed by atoms with Gasteiger partial charge >= 0.3 is 6.09 Å². The molecule has 1 saturated heterocycles. The van der Waals surface area contributed by atoms with Gasteiger partial charge in [-0.05, 0) is 57.7 Å². The lowest BCUT2D eigenvalue weighted by Crippen LogP contribution is -2.48. The van der Waals surface area contributed by atoms with E-state index in [1.54, 1.807) is 11.9 Å². The first-order chi connectivity index (χ1) is 14.2. The number of hydrogen-bond donors (Lipinski definition) is 0. The average molecular weight is 412 g/mol. The van der Waals surface area contributed by atoms with Crippen LogP contribution in [0.15, 0.2) is 48.7 Å². The highest BCUT2D eigenvalue weighted by Gasteiger charge is 2.30. The van der Waals surface area contributed by atoms with Gasteiger partial charge in [0.05, 0.1) is 0 Å². The standard InChI is InChI=1S/C24H33N3O3/c1-24(2,3)30-23(29)25(4)20-13-17-27(18-14-20)22(28)21-11-8-15-26(21)16-12-19-9-6-5-7-10-19/h5-11,15,20H,12-14,16-18H2,1-4H3. The van der Waals surface area contributed by atoms with Gasteiger partial charge in [-0.15, -0.1) is 0 Å². The minimum Gasteiger partial charge on any atom is -0.444 e. The molecule has 6 heteroatoms. The molecule has 0 spiro atoms. The fraction of sp³-hybridized carbons (Fsp3) is 0.500. The summed E-state index contributed by atoms with van der Waals surface area (Å²) in [5.41, 5.74) is 1.48. The molecule has 0 saturated carbocycles. The van der Waals surface area contributed by atoms with Gasteiger partial charge in [0, 0.05) is 38.9 Å². The maximum absolute atomic E-state index is 13.1. The van der Waals surface area contributed by atoms with Crippen LogP contribution in [0.5, 0.6) is 0 Å². The van der Waals surface area contributed by atoms with E-state index in [1.165, 1.54) is 5.56 Å². The number of carbonyl (C=O) groups excluding carboxylic acids is 2. The highest BCUT2D eigenvalue weighted by atomic mass is 16.6. The van der Waals surface area contributed by atoms with Gasteiger partial charge in [0.15, 0.2) is 0 Å². The van der Waals surface area contributed by atoms with Crippen molar-refractivity contribution in [3.63, 3.8) is 0 Å². The molecule has 2 aromatic rings. The number of benzene rings is 1. The lowest BCUT2D eigenvalue weighted by Gasteiger charge is -2.37. The summed E-state index contributed by atoms with van der Waals surface area (Å²) in [6, 6.07) is 14.2. The Labute approximate surface area is 179 Å². The van der Waals surface area contributed by atoms with E-state index in [0.29, 0.717) is 13.1 Å². The molecule has 6 nitrogen and oxygen atoms in total. The smallest absolute Gasteiger partial charge is 0.410 e. The fourth-order valence-corrected chi connectivity index (χ4v) is 3.80. The Morgan fingerprint density at radius 1 is 1.07 bits per heavy atom. The molecule has 30 heavy (non-hydrogen) atoms. The molecule has 1 aliphatic rings. The summed E-state index contributed by atoms with van der Waals surface area (Å²) < 4.78 is 7.50. The third-order valence-corrected chi connectivity index (χ3v) is 5.51. The van der Waals surface area contributed by atoms with Gasteiger partial charge in [-0.25, -0.2) is 4.79 Å². The number of aryl methyl sites for hydroxylation is 2. The minimum atomic E-state index is -0.507. The molecule has 0 unspecified atom stereocenters. The molecule has 0 bridgehead atoms. The van der Waals surface area contributed by atoms with Crippen LogP contribution in [0.25, 0.3) is 0 Å². The molecule has 0 radical (unpaired) electrons. The van der Waals surface area contributed by atoms with Crippen molar-refractivity contribution in [2.24, 2.45) is 0 Å². The summed E-state index contributed by atoms with van der Waals surface area (Å²) in [6.45, 7) is 7.66. The van der Waals surface area contributed by atoms with Crippen LogP contribution < -0.4 is 0 Å². The Morgan fingerprint density at radius 3 is 2.37 bits per heavy atom. The number of aromatic nitrogens is 1. The number of ether oxygens (including phenoxy) is 1. The van der Waals surface area contributed by atoms with E-state index in [4.69, 9.17) is 4.74 Å². The van der Waals surface area contributed by atoms with E-state index in [1.807, 2.05) is 66.8 Å². The number of rotatable bonds is 5. The Morgan fingerprint density at radius 2 is 1.73 bits per heavy atom. The van der Waals surface area contributed by atoms with Crippen molar-refractivity contribution in [1.29, 1.82) is 0 Å². The lowest BCUT2D eigenvalue weighted by atomic mass is 10.0. The second-order valence-corrected chi connectivity index (χ2v) is 8.94. The van der Waals surface area contributed by atoms with Crippen LogP contribution in [0.1, 0.15) is 49.7 Å². The summed E-state index contributed by atoms with van der Waals surface area (Å²) in [5, 5.41) is 0.